The summed E-state index contributed by atoms with van der Waals surface area (Å²) in [6.07, 6.45) is -4.47. The molecule has 1 aliphatic rings. The average molecular weight is 386 g/mol. The molecule has 2 amide bonds. The van der Waals surface area contributed by atoms with Crippen LogP contribution >= 0.6 is 0 Å². The second-order valence-corrected chi connectivity index (χ2v) is 7.98. The van der Waals surface area contributed by atoms with Gasteiger partial charge in [-0.1, -0.05) is 18.2 Å². The molecule has 0 radical (unpaired) electrons. The highest BCUT2D eigenvalue weighted by Crippen LogP contribution is 2.29. The van der Waals surface area contributed by atoms with Gasteiger partial charge in [0, 0.05) is 5.54 Å². The van der Waals surface area contributed by atoms with Crippen LogP contribution in [-0.4, -0.2) is 55.0 Å². The average Bonchev–Trinajstić information content (AvgIpc) is 2.53. The monoisotopic (exact) mass is 386 g/mol. The number of rotatable bonds is 4. The molecule has 2 rings (SSSR count). The van der Waals surface area contributed by atoms with E-state index < -0.39 is 11.7 Å². The number of nitrogens with one attached hydrogen (secondary N) is 2. The van der Waals surface area contributed by atoms with Crippen molar-refractivity contribution in [3.8, 4) is 0 Å². The van der Waals surface area contributed by atoms with Crippen LogP contribution in [0.5, 0.6) is 0 Å². The molecular formula is C19H27F3N3O2+. The normalized spacial score (nSPS) is 16.3. The minimum atomic E-state index is -4.42. The van der Waals surface area contributed by atoms with E-state index in [2.05, 4.69) is 5.32 Å². The lowest BCUT2D eigenvalue weighted by atomic mass is 10.1. The minimum Gasteiger partial charge on any atom is -0.347 e. The van der Waals surface area contributed by atoms with Crippen LogP contribution in [0.15, 0.2) is 24.3 Å². The smallest absolute Gasteiger partial charge is 0.347 e. The molecular weight excluding hydrogens is 359 g/mol. The third kappa shape index (κ3) is 6.86. The van der Waals surface area contributed by atoms with Crippen LogP contribution in [0.1, 0.15) is 31.9 Å². The molecule has 2 N–H and O–H groups in total. The molecule has 1 aromatic rings. The van der Waals surface area contributed by atoms with Gasteiger partial charge in [-0.3, -0.25) is 9.59 Å². The summed E-state index contributed by atoms with van der Waals surface area (Å²) in [5.41, 5.74) is -0.666. The van der Waals surface area contributed by atoms with Gasteiger partial charge >= 0.3 is 6.18 Å². The van der Waals surface area contributed by atoms with E-state index in [-0.39, 0.29) is 23.8 Å². The van der Waals surface area contributed by atoms with Crippen LogP contribution in [0.2, 0.25) is 0 Å². The molecule has 8 heteroatoms. The van der Waals surface area contributed by atoms with Crippen LogP contribution in [0, 0.1) is 0 Å². The van der Waals surface area contributed by atoms with E-state index in [0.717, 1.165) is 17.0 Å². The maximum atomic E-state index is 12.8. The predicted molar refractivity (Wildman–Crippen MR) is 95.2 cm³/mol. The second-order valence-electron chi connectivity index (χ2n) is 7.98. The van der Waals surface area contributed by atoms with E-state index in [4.69, 9.17) is 0 Å². The predicted octanol–water partition coefficient (Wildman–Crippen LogP) is 0.890. The number of alkyl halides is 3. The van der Waals surface area contributed by atoms with Crippen molar-refractivity contribution in [2.45, 2.75) is 38.9 Å². The number of amides is 2. The van der Waals surface area contributed by atoms with Crippen molar-refractivity contribution >= 4 is 11.8 Å². The molecule has 0 bridgehead atoms. The number of piperazine rings is 1. The van der Waals surface area contributed by atoms with E-state index in [1.165, 1.54) is 12.1 Å². The number of hydrogen-bond acceptors (Lipinski definition) is 2. The summed E-state index contributed by atoms with van der Waals surface area (Å²) in [6.45, 7) is 8.40. The van der Waals surface area contributed by atoms with Crippen molar-refractivity contribution in [3.63, 3.8) is 0 Å². The fraction of sp³-hybridized carbons (Fsp3) is 0.579. The molecule has 1 aliphatic heterocycles. The quantitative estimate of drug-likeness (QED) is 0.808. The Hall–Kier alpha value is -2.09. The van der Waals surface area contributed by atoms with E-state index in [1.54, 1.807) is 4.90 Å². The summed E-state index contributed by atoms with van der Waals surface area (Å²) in [7, 11) is 0. The highest BCUT2D eigenvalue weighted by molar-refractivity contribution is 5.79. The van der Waals surface area contributed by atoms with Crippen molar-refractivity contribution in [1.82, 2.24) is 10.2 Å². The number of benzene rings is 1. The van der Waals surface area contributed by atoms with E-state index in [9.17, 15) is 22.8 Å². The Kier molecular flexibility index (Phi) is 6.51. The first-order chi connectivity index (χ1) is 12.4. The first-order valence-electron chi connectivity index (χ1n) is 9.02. The molecule has 1 aromatic carbocycles. The molecule has 0 saturated carbocycles. The fourth-order valence-corrected chi connectivity index (χ4v) is 3.08. The van der Waals surface area contributed by atoms with Crippen molar-refractivity contribution in [1.29, 1.82) is 0 Å². The zero-order chi connectivity index (χ0) is 20.2. The van der Waals surface area contributed by atoms with E-state index >= 15 is 0 Å². The molecule has 150 valence electrons. The zero-order valence-electron chi connectivity index (χ0n) is 15.9. The van der Waals surface area contributed by atoms with Gasteiger partial charge in [-0.25, -0.2) is 0 Å². The minimum absolute atomic E-state index is 0.0266. The van der Waals surface area contributed by atoms with Gasteiger partial charge in [0.2, 0.25) is 5.91 Å². The molecule has 27 heavy (non-hydrogen) atoms. The fourth-order valence-electron chi connectivity index (χ4n) is 3.08. The molecule has 5 nitrogen and oxygen atoms in total. The molecule has 1 heterocycles. The highest BCUT2D eigenvalue weighted by Gasteiger charge is 2.31. The molecule has 0 spiro atoms. The van der Waals surface area contributed by atoms with Crippen LogP contribution in [0.25, 0.3) is 0 Å². The Morgan fingerprint density at radius 3 is 2.33 bits per heavy atom. The van der Waals surface area contributed by atoms with E-state index in [1.807, 2.05) is 20.8 Å². The Labute approximate surface area is 157 Å². The summed E-state index contributed by atoms with van der Waals surface area (Å²) in [5, 5.41) is 2.92. The SMILES string of the molecule is CC(C)(C)NC(=O)C[NH+]1CCN(C(=O)Cc2cccc(C(F)(F)F)c2)CC1. The maximum absolute atomic E-state index is 12.8. The topological polar surface area (TPSA) is 53.9 Å². The summed E-state index contributed by atoms with van der Waals surface area (Å²) in [6, 6.07) is 4.88. The number of hydrogen-bond donors (Lipinski definition) is 2. The zero-order valence-corrected chi connectivity index (χ0v) is 15.9. The lowest BCUT2D eigenvalue weighted by Gasteiger charge is -2.32. The number of nitrogens with zero attached hydrogens (tertiary/aromatic N) is 1. The van der Waals surface area contributed by atoms with Crippen molar-refractivity contribution in [2.75, 3.05) is 32.7 Å². The first kappa shape index (κ1) is 21.2. The van der Waals surface area contributed by atoms with Crippen LogP contribution in [0.4, 0.5) is 13.2 Å². The van der Waals surface area contributed by atoms with Gasteiger partial charge in [-0.05, 0) is 32.4 Å². The molecule has 1 saturated heterocycles. The molecule has 0 aromatic heterocycles. The van der Waals surface area contributed by atoms with Crippen molar-refractivity contribution in [3.05, 3.63) is 35.4 Å². The first-order valence-corrected chi connectivity index (χ1v) is 9.02. The van der Waals surface area contributed by atoms with Gasteiger partial charge in [0.1, 0.15) is 0 Å². The van der Waals surface area contributed by atoms with Crippen LogP contribution in [-0.2, 0) is 22.2 Å². The van der Waals surface area contributed by atoms with Gasteiger partial charge in [-0.2, -0.15) is 13.2 Å². The number of carbonyl (C=O) groups excluding carboxylic acids is 2. The Balaban J connectivity index is 1.84. The van der Waals surface area contributed by atoms with Crippen molar-refractivity contribution < 1.29 is 27.7 Å². The second kappa shape index (κ2) is 8.29. The molecule has 0 unspecified atom stereocenters. The van der Waals surface area contributed by atoms with E-state index in [0.29, 0.717) is 38.3 Å². The van der Waals surface area contributed by atoms with Crippen molar-refractivity contribution in [2.24, 2.45) is 0 Å². The summed E-state index contributed by atoms with van der Waals surface area (Å²) < 4.78 is 38.3. The summed E-state index contributed by atoms with van der Waals surface area (Å²) in [4.78, 5) is 27.1. The lowest BCUT2D eigenvalue weighted by Crippen LogP contribution is -3.16. The third-order valence-electron chi connectivity index (χ3n) is 4.36. The van der Waals surface area contributed by atoms with Crippen LogP contribution < -0.4 is 10.2 Å². The van der Waals surface area contributed by atoms with Gasteiger partial charge in [0.25, 0.3) is 5.91 Å². The summed E-state index contributed by atoms with van der Waals surface area (Å²) >= 11 is 0. The lowest BCUT2D eigenvalue weighted by molar-refractivity contribution is -0.896. The Morgan fingerprint density at radius 2 is 1.78 bits per heavy atom. The number of carbonyl (C=O) groups is 2. The standard InChI is InChI=1S/C19H26F3N3O2/c1-18(2,3)23-16(26)13-24-7-9-25(10-8-24)17(27)12-14-5-4-6-15(11-14)19(20,21)22/h4-6,11H,7-10,12-13H2,1-3H3,(H,23,26)/p+1. The van der Waals surface area contributed by atoms with Gasteiger partial charge < -0.3 is 15.1 Å². The number of halogens is 3. The molecule has 1 fully saturated rings. The molecule has 0 aliphatic carbocycles. The van der Waals surface area contributed by atoms with Gasteiger partial charge in [0.05, 0.1) is 38.2 Å². The highest BCUT2D eigenvalue weighted by atomic mass is 19.4. The maximum Gasteiger partial charge on any atom is 0.416 e. The molecule has 0 atom stereocenters. The number of quaternary nitrogens is 1. The van der Waals surface area contributed by atoms with Gasteiger partial charge in [0.15, 0.2) is 6.54 Å². The van der Waals surface area contributed by atoms with Crippen LogP contribution in [0.3, 0.4) is 0 Å². The summed E-state index contributed by atoms with van der Waals surface area (Å²) in [5.74, 6) is -0.214. The third-order valence-corrected chi connectivity index (χ3v) is 4.36. The van der Waals surface area contributed by atoms with Gasteiger partial charge in [-0.15, -0.1) is 0 Å². The largest absolute Gasteiger partial charge is 0.416 e. The Bertz CT molecular complexity index is 676. The Morgan fingerprint density at radius 1 is 1.15 bits per heavy atom.